The first-order valence-electron chi connectivity index (χ1n) is 10.0. The number of nitrogens with zero attached hydrogens (tertiary/aromatic N) is 4. The number of benzene rings is 1. The average molecular weight is 382 g/mol. The molecule has 0 saturated heterocycles. The minimum atomic E-state index is 0.627. The molecule has 1 fully saturated rings. The molecule has 0 amide bonds. The summed E-state index contributed by atoms with van der Waals surface area (Å²) in [5, 5.41) is 8.89. The third kappa shape index (κ3) is 4.61. The molecule has 0 atom stereocenters. The predicted octanol–water partition coefficient (Wildman–Crippen LogP) is 5.65. The van der Waals surface area contributed by atoms with Gasteiger partial charge in [-0.1, -0.05) is 26.2 Å². The van der Waals surface area contributed by atoms with Crippen molar-refractivity contribution in [2.75, 3.05) is 11.1 Å². The minimum absolute atomic E-state index is 0.627. The molecule has 0 aliphatic heterocycles. The van der Waals surface area contributed by atoms with Crippen LogP contribution >= 0.6 is 11.8 Å². The summed E-state index contributed by atoms with van der Waals surface area (Å²) in [5.74, 6) is 2.50. The molecular weight excluding hydrogens is 354 g/mol. The highest BCUT2D eigenvalue weighted by atomic mass is 32.2. The SMILES string of the molecule is CCCSc1ccc(Nc2ncc3cnn(CC4CCCCC4)c3n2)cc1. The van der Waals surface area contributed by atoms with Gasteiger partial charge in [0.15, 0.2) is 5.65 Å². The molecule has 1 aromatic carbocycles. The molecule has 2 aromatic heterocycles. The first-order valence-corrected chi connectivity index (χ1v) is 11.0. The van der Waals surface area contributed by atoms with Crippen molar-refractivity contribution in [2.24, 2.45) is 5.92 Å². The molecule has 0 unspecified atom stereocenters. The Morgan fingerprint density at radius 1 is 1.11 bits per heavy atom. The average Bonchev–Trinajstić information content (AvgIpc) is 3.10. The number of nitrogens with one attached hydrogen (secondary N) is 1. The zero-order valence-electron chi connectivity index (χ0n) is 15.9. The second-order valence-corrected chi connectivity index (χ2v) is 8.47. The Labute approximate surface area is 165 Å². The third-order valence-electron chi connectivity index (χ3n) is 5.12. The number of hydrogen-bond acceptors (Lipinski definition) is 5. The van der Waals surface area contributed by atoms with E-state index in [2.05, 4.69) is 51.3 Å². The molecule has 27 heavy (non-hydrogen) atoms. The molecule has 1 saturated carbocycles. The number of rotatable bonds is 7. The molecule has 4 rings (SSSR count). The number of hydrogen-bond donors (Lipinski definition) is 1. The van der Waals surface area contributed by atoms with Gasteiger partial charge >= 0.3 is 0 Å². The standard InChI is InChI=1S/C21H27N5S/c1-2-12-27-19-10-8-18(9-11-19)24-21-22-13-17-14-23-26(20(17)25-21)15-16-6-4-3-5-7-16/h8-11,13-14,16H,2-7,12,15H2,1H3,(H,22,24,25). The first-order chi connectivity index (χ1) is 13.3. The van der Waals surface area contributed by atoms with Crippen molar-refractivity contribution in [3.63, 3.8) is 0 Å². The Bertz CT molecular complexity index is 868. The summed E-state index contributed by atoms with van der Waals surface area (Å²) >= 11 is 1.89. The van der Waals surface area contributed by atoms with Crippen LogP contribution in [0, 0.1) is 5.92 Å². The van der Waals surface area contributed by atoms with E-state index in [9.17, 15) is 0 Å². The second kappa shape index (κ2) is 8.74. The Hall–Kier alpha value is -2.08. The van der Waals surface area contributed by atoms with E-state index >= 15 is 0 Å². The van der Waals surface area contributed by atoms with Crippen LogP contribution in [-0.4, -0.2) is 25.5 Å². The van der Waals surface area contributed by atoms with Crippen molar-refractivity contribution in [1.82, 2.24) is 19.7 Å². The number of anilines is 2. The van der Waals surface area contributed by atoms with Gasteiger partial charge in [-0.2, -0.15) is 10.1 Å². The summed E-state index contributed by atoms with van der Waals surface area (Å²) in [7, 11) is 0. The Morgan fingerprint density at radius 2 is 1.93 bits per heavy atom. The fraction of sp³-hybridized carbons (Fsp3) is 0.476. The minimum Gasteiger partial charge on any atom is -0.324 e. The Kier molecular flexibility index (Phi) is 5.92. The van der Waals surface area contributed by atoms with Crippen LogP contribution in [0.2, 0.25) is 0 Å². The van der Waals surface area contributed by atoms with Gasteiger partial charge in [-0.05, 0) is 55.2 Å². The van der Waals surface area contributed by atoms with Gasteiger partial charge in [0, 0.05) is 23.3 Å². The molecule has 0 radical (unpaired) electrons. The van der Waals surface area contributed by atoms with Gasteiger partial charge in [0.25, 0.3) is 0 Å². The fourth-order valence-electron chi connectivity index (χ4n) is 3.66. The van der Waals surface area contributed by atoms with Crippen LogP contribution in [0.4, 0.5) is 11.6 Å². The fourth-order valence-corrected chi connectivity index (χ4v) is 4.43. The van der Waals surface area contributed by atoms with Gasteiger partial charge in [0.2, 0.25) is 5.95 Å². The van der Waals surface area contributed by atoms with Crippen molar-refractivity contribution in [1.29, 1.82) is 0 Å². The van der Waals surface area contributed by atoms with Crippen molar-refractivity contribution in [3.05, 3.63) is 36.7 Å². The van der Waals surface area contributed by atoms with E-state index in [1.54, 1.807) is 0 Å². The summed E-state index contributed by atoms with van der Waals surface area (Å²) in [4.78, 5) is 10.5. The molecule has 2 heterocycles. The molecule has 6 heteroatoms. The van der Waals surface area contributed by atoms with Gasteiger partial charge in [-0.25, -0.2) is 9.67 Å². The number of thioether (sulfide) groups is 1. The zero-order chi connectivity index (χ0) is 18.5. The molecule has 0 bridgehead atoms. The highest BCUT2D eigenvalue weighted by Gasteiger charge is 2.16. The lowest BCUT2D eigenvalue weighted by molar-refractivity contribution is 0.311. The lowest BCUT2D eigenvalue weighted by Crippen LogP contribution is -2.15. The highest BCUT2D eigenvalue weighted by molar-refractivity contribution is 7.99. The van der Waals surface area contributed by atoms with Gasteiger partial charge in [0.05, 0.1) is 11.6 Å². The molecule has 1 aliphatic rings. The zero-order valence-corrected chi connectivity index (χ0v) is 16.7. The van der Waals surface area contributed by atoms with Crippen molar-refractivity contribution in [3.8, 4) is 0 Å². The summed E-state index contributed by atoms with van der Waals surface area (Å²) < 4.78 is 2.06. The smallest absolute Gasteiger partial charge is 0.229 e. The van der Waals surface area contributed by atoms with Gasteiger partial charge < -0.3 is 5.32 Å². The molecule has 3 aromatic rings. The lowest BCUT2D eigenvalue weighted by Gasteiger charge is -2.21. The normalized spacial score (nSPS) is 15.3. The van der Waals surface area contributed by atoms with E-state index in [1.165, 1.54) is 43.4 Å². The first kappa shape index (κ1) is 18.3. The summed E-state index contributed by atoms with van der Waals surface area (Å²) in [6.07, 6.45) is 11.6. The van der Waals surface area contributed by atoms with Crippen molar-refractivity contribution < 1.29 is 0 Å². The highest BCUT2D eigenvalue weighted by Crippen LogP contribution is 2.26. The topological polar surface area (TPSA) is 55.6 Å². The van der Waals surface area contributed by atoms with Crippen LogP contribution in [0.3, 0.4) is 0 Å². The van der Waals surface area contributed by atoms with Crippen LogP contribution in [-0.2, 0) is 6.54 Å². The molecular formula is C21H27N5S. The molecule has 1 aliphatic carbocycles. The monoisotopic (exact) mass is 381 g/mol. The quantitative estimate of drug-likeness (QED) is 0.536. The summed E-state index contributed by atoms with van der Waals surface area (Å²) in [6.45, 7) is 3.17. The predicted molar refractivity (Wildman–Crippen MR) is 113 cm³/mol. The lowest BCUT2D eigenvalue weighted by atomic mass is 9.89. The molecule has 142 valence electrons. The van der Waals surface area contributed by atoms with Crippen molar-refractivity contribution in [2.45, 2.75) is 56.9 Å². The van der Waals surface area contributed by atoms with Crippen LogP contribution in [0.5, 0.6) is 0 Å². The van der Waals surface area contributed by atoms with Crippen LogP contribution in [0.25, 0.3) is 11.0 Å². The van der Waals surface area contributed by atoms with E-state index in [0.29, 0.717) is 5.95 Å². The maximum atomic E-state index is 4.74. The Morgan fingerprint density at radius 3 is 2.70 bits per heavy atom. The van der Waals surface area contributed by atoms with Crippen LogP contribution < -0.4 is 5.32 Å². The van der Waals surface area contributed by atoms with Gasteiger partial charge in [0.1, 0.15) is 0 Å². The Balaban J connectivity index is 1.48. The van der Waals surface area contributed by atoms with Gasteiger partial charge in [-0.15, -0.1) is 11.8 Å². The molecule has 1 N–H and O–H groups in total. The van der Waals surface area contributed by atoms with Crippen LogP contribution in [0.15, 0.2) is 41.6 Å². The van der Waals surface area contributed by atoms with E-state index in [4.69, 9.17) is 4.98 Å². The molecule has 0 spiro atoms. The van der Waals surface area contributed by atoms with Crippen molar-refractivity contribution >= 4 is 34.4 Å². The number of aromatic nitrogens is 4. The number of fused-ring (bicyclic) bond motifs is 1. The summed E-state index contributed by atoms with van der Waals surface area (Å²) in [6, 6.07) is 8.47. The maximum Gasteiger partial charge on any atom is 0.229 e. The van der Waals surface area contributed by atoms with E-state index in [1.807, 2.05) is 24.2 Å². The second-order valence-electron chi connectivity index (χ2n) is 7.30. The van der Waals surface area contributed by atoms with E-state index in [0.717, 1.165) is 34.9 Å². The van der Waals surface area contributed by atoms with Crippen LogP contribution in [0.1, 0.15) is 45.4 Å². The van der Waals surface area contributed by atoms with E-state index in [-0.39, 0.29) is 0 Å². The van der Waals surface area contributed by atoms with E-state index < -0.39 is 0 Å². The maximum absolute atomic E-state index is 4.74. The molecule has 5 nitrogen and oxygen atoms in total. The third-order valence-corrected chi connectivity index (χ3v) is 6.33. The van der Waals surface area contributed by atoms with Gasteiger partial charge in [-0.3, -0.25) is 0 Å². The largest absolute Gasteiger partial charge is 0.324 e. The summed E-state index contributed by atoms with van der Waals surface area (Å²) in [5.41, 5.74) is 1.93.